The van der Waals surface area contributed by atoms with Crippen LogP contribution in [0, 0.1) is 12.7 Å². The summed E-state index contributed by atoms with van der Waals surface area (Å²) in [6.07, 6.45) is 2.67. The van der Waals surface area contributed by atoms with Gasteiger partial charge in [0, 0.05) is 57.1 Å². The Kier molecular flexibility index (Phi) is 6.63. The fourth-order valence-corrected chi connectivity index (χ4v) is 5.00. The molecule has 2 aromatic heterocycles. The third-order valence-electron chi connectivity index (χ3n) is 7.05. The number of aryl methyl sites for hydroxylation is 1. The Morgan fingerprint density at radius 1 is 0.971 bits per heavy atom. The average molecular weight is 482 g/mol. The van der Waals surface area contributed by atoms with Gasteiger partial charge in [0.2, 0.25) is 0 Å². The second-order valence-corrected chi connectivity index (χ2v) is 10.2. The molecule has 2 aliphatic heterocycles. The number of aromatic nitrogens is 5. The highest BCUT2D eigenvalue weighted by atomic mass is 19.1. The van der Waals surface area contributed by atoms with Gasteiger partial charge in [0.05, 0.1) is 12.1 Å². The van der Waals surface area contributed by atoms with E-state index in [1.807, 2.05) is 23.9 Å². The first-order valence-electron chi connectivity index (χ1n) is 12.7. The first-order chi connectivity index (χ1) is 16.8. The zero-order valence-electron chi connectivity index (χ0n) is 21.5. The molecule has 0 radical (unpaired) electrons. The van der Waals surface area contributed by atoms with E-state index >= 15 is 4.39 Å². The van der Waals surface area contributed by atoms with E-state index in [0.717, 1.165) is 61.5 Å². The van der Waals surface area contributed by atoms with Crippen molar-refractivity contribution in [1.82, 2.24) is 34.1 Å². The lowest BCUT2D eigenvalue weighted by molar-refractivity contribution is 0.109. The van der Waals surface area contributed by atoms with Crippen LogP contribution in [-0.2, 0) is 13.0 Å². The molecule has 1 fully saturated rings. The number of imidazole rings is 1. The van der Waals surface area contributed by atoms with Crippen molar-refractivity contribution in [3.05, 3.63) is 35.5 Å². The van der Waals surface area contributed by atoms with Crippen LogP contribution in [0.3, 0.4) is 0 Å². The van der Waals surface area contributed by atoms with Gasteiger partial charge < -0.3 is 14.2 Å². The minimum absolute atomic E-state index is 0.173. The van der Waals surface area contributed by atoms with Crippen molar-refractivity contribution in [2.24, 2.45) is 0 Å². The zero-order chi connectivity index (χ0) is 24.7. The fourth-order valence-electron chi connectivity index (χ4n) is 5.00. The van der Waals surface area contributed by atoms with Crippen molar-refractivity contribution in [3.8, 4) is 28.7 Å². The van der Waals surface area contributed by atoms with Gasteiger partial charge in [-0.2, -0.15) is 5.10 Å². The Labute approximate surface area is 206 Å². The van der Waals surface area contributed by atoms with Gasteiger partial charge in [-0.05, 0) is 52.7 Å². The zero-order valence-corrected chi connectivity index (χ0v) is 21.5. The molecule has 0 aliphatic carbocycles. The van der Waals surface area contributed by atoms with Gasteiger partial charge in [0.15, 0.2) is 5.82 Å². The van der Waals surface area contributed by atoms with Crippen molar-refractivity contribution in [1.29, 1.82) is 0 Å². The Morgan fingerprint density at radius 2 is 1.74 bits per heavy atom. The van der Waals surface area contributed by atoms with Gasteiger partial charge in [0.1, 0.15) is 35.5 Å². The number of ether oxygens (including phenoxy) is 1. The number of halogens is 1. The van der Waals surface area contributed by atoms with Crippen molar-refractivity contribution >= 4 is 0 Å². The van der Waals surface area contributed by atoms with Crippen LogP contribution in [0.2, 0.25) is 0 Å². The summed E-state index contributed by atoms with van der Waals surface area (Å²) >= 11 is 0. The monoisotopic (exact) mass is 481 g/mol. The smallest absolute Gasteiger partial charge is 0.178 e. The third-order valence-corrected chi connectivity index (χ3v) is 7.05. The second-order valence-electron chi connectivity index (χ2n) is 10.2. The molecular weight excluding hydrogens is 445 g/mol. The summed E-state index contributed by atoms with van der Waals surface area (Å²) in [5, 5.41) is 4.54. The number of piperazine rings is 1. The van der Waals surface area contributed by atoms with E-state index in [2.05, 4.69) is 52.1 Å². The first kappa shape index (κ1) is 23.9. The summed E-state index contributed by atoms with van der Waals surface area (Å²) in [6.45, 7) is 16.7. The molecule has 4 heterocycles. The van der Waals surface area contributed by atoms with Crippen molar-refractivity contribution in [2.75, 3.05) is 39.3 Å². The number of nitrogens with zero attached hydrogens (tertiary/aromatic N) is 7. The van der Waals surface area contributed by atoms with Gasteiger partial charge >= 0.3 is 0 Å². The Morgan fingerprint density at radius 3 is 2.46 bits per heavy atom. The molecule has 0 unspecified atom stereocenters. The van der Waals surface area contributed by atoms with Crippen LogP contribution in [0.15, 0.2) is 18.3 Å². The number of hydrogen-bond donors (Lipinski definition) is 0. The van der Waals surface area contributed by atoms with E-state index < -0.39 is 0 Å². The summed E-state index contributed by atoms with van der Waals surface area (Å²) < 4.78 is 25.0. The van der Waals surface area contributed by atoms with E-state index in [9.17, 15) is 0 Å². The van der Waals surface area contributed by atoms with Crippen molar-refractivity contribution in [3.63, 3.8) is 0 Å². The van der Waals surface area contributed by atoms with Crippen molar-refractivity contribution < 1.29 is 9.13 Å². The molecule has 35 heavy (non-hydrogen) atoms. The molecule has 0 bridgehead atoms. The number of benzene rings is 1. The highest BCUT2D eigenvalue weighted by Crippen LogP contribution is 2.36. The van der Waals surface area contributed by atoms with Crippen LogP contribution in [0.1, 0.15) is 45.1 Å². The van der Waals surface area contributed by atoms with Gasteiger partial charge in [-0.15, -0.1) is 0 Å². The average Bonchev–Trinajstić information content (AvgIpc) is 3.38. The Bertz CT molecular complexity index is 1190. The van der Waals surface area contributed by atoms with Crippen LogP contribution in [0.5, 0.6) is 5.75 Å². The molecule has 3 aromatic rings. The van der Waals surface area contributed by atoms with Crippen molar-refractivity contribution in [2.45, 2.75) is 59.7 Å². The molecule has 0 saturated carbocycles. The maximum absolute atomic E-state index is 15.1. The molecule has 188 valence electrons. The van der Waals surface area contributed by atoms with E-state index in [-0.39, 0.29) is 11.9 Å². The predicted molar refractivity (Wildman–Crippen MR) is 134 cm³/mol. The Balaban J connectivity index is 1.41. The molecular formula is C26H36FN7O. The van der Waals surface area contributed by atoms with Gasteiger partial charge in [-0.3, -0.25) is 4.90 Å². The summed E-state index contributed by atoms with van der Waals surface area (Å²) in [5.41, 5.74) is 2.32. The standard InChI is InChI=1S/C26H36FN7O/c1-17(2)32-10-8-31(9-11-32)7-6-20-14-21-24(15-22(20)27)35-13-12-33-16-23(29-25(21)33)26-28-19(5)30-34(26)18(3)4/h14-18H,6-13H2,1-5H3. The van der Waals surface area contributed by atoms with E-state index in [1.54, 1.807) is 0 Å². The fraction of sp³-hybridized carbons (Fsp3) is 0.577. The number of fused-ring (bicyclic) bond motifs is 3. The molecule has 0 atom stereocenters. The quantitative estimate of drug-likeness (QED) is 0.534. The predicted octanol–water partition coefficient (Wildman–Crippen LogP) is 3.80. The SMILES string of the molecule is Cc1nc(-c2cn3c(n2)-c2cc(CCN4CCN(C(C)C)CC4)c(F)cc2OCC3)n(C(C)C)n1. The molecule has 1 aromatic carbocycles. The number of hydrogen-bond acceptors (Lipinski definition) is 6. The summed E-state index contributed by atoms with van der Waals surface area (Å²) in [6, 6.07) is 4.21. The molecule has 8 nitrogen and oxygen atoms in total. The van der Waals surface area contributed by atoms with Crippen LogP contribution in [-0.4, -0.2) is 79.5 Å². The van der Waals surface area contributed by atoms with E-state index in [4.69, 9.17) is 9.72 Å². The lowest BCUT2D eigenvalue weighted by atomic mass is 10.0. The molecule has 0 amide bonds. The first-order valence-corrected chi connectivity index (χ1v) is 12.7. The highest BCUT2D eigenvalue weighted by molar-refractivity contribution is 5.69. The van der Waals surface area contributed by atoms with Crippen LogP contribution in [0.25, 0.3) is 22.9 Å². The van der Waals surface area contributed by atoms with Gasteiger partial charge in [-0.25, -0.2) is 19.0 Å². The Hall–Kier alpha value is -2.78. The lowest BCUT2D eigenvalue weighted by Gasteiger charge is -2.36. The summed E-state index contributed by atoms with van der Waals surface area (Å²) in [7, 11) is 0. The molecule has 1 saturated heterocycles. The van der Waals surface area contributed by atoms with Crippen LogP contribution >= 0.6 is 0 Å². The summed E-state index contributed by atoms with van der Waals surface area (Å²) in [4.78, 5) is 14.5. The maximum Gasteiger partial charge on any atom is 0.178 e. The maximum atomic E-state index is 15.1. The molecule has 0 N–H and O–H groups in total. The van der Waals surface area contributed by atoms with E-state index in [0.29, 0.717) is 36.9 Å². The molecule has 2 aliphatic rings. The molecule has 9 heteroatoms. The third kappa shape index (κ3) is 4.84. The van der Waals surface area contributed by atoms with Crippen LogP contribution < -0.4 is 4.74 Å². The highest BCUT2D eigenvalue weighted by Gasteiger charge is 2.25. The van der Waals surface area contributed by atoms with E-state index in [1.165, 1.54) is 6.07 Å². The van der Waals surface area contributed by atoms with Gasteiger partial charge in [-0.1, -0.05) is 0 Å². The van der Waals surface area contributed by atoms with Gasteiger partial charge in [0.25, 0.3) is 0 Å². The second kappa shape index (κ2) is 9.70. The molecule has 0 spiro atoms. The largest absolute Gasteiger partial charge is 0.491 e. The number of rotatable bonds is 6. The van der Waals surface area contributed by atoms with Crippen LogP contribution in [0.4, 0.5) is 4.39 Å². The minimum Gasteiger partial charge on any atom is -0.491 e. The summed E-state index contributed by atoms with van der Waals surface area (Å²) in [5.74, 6) is 2.60. The minimum atomic E-state index is -0.208. The molecule has 5 rings (SSSR count). The lowest BCUT2D eigenvalue weighted by Crippen LogP contribution is -2.49. The normalized spacial score (nSPS) is 16.9. The topological polar surface area (TPSA) is 64.2 Å².